The predicted octanol–water partition coefficient (Wildman–Crippen LogP) is 1.28. The zero-order valence-electron chi connectivity index (χ0n) is 11.3. The lowest BCUT2D eigenvalue weighted by atomic mass is 9.83. The fourth-order valence-corrected chi connectivity index (χ4v) is 2.86. The van der Waals surface area contributed by atoms with Crippen LogP contribution >= 0.6 is 0 Å². The molecule has 0 unspecified atom stereocenters. The molecule has 0 aromatic heterocycles. The Hall–Kier alpha value is -0.620. The molecule has 0 aliphatic rings. The average Bonchev–Trinajstić information content (AvgIpc) is 2.08. The van der Waals surface area contributed by atoms with Crippen molar-refractivity contribution in [2.45, 2.75) is 41.0 Å². The smallest absolute Gasteiger partial charge is 0.274 e. The molecule has 0 aliphatic carbocycles. The highest BCUT2D eigenvalue weighted by Crippen LogP contribution is 2.23. The molecule has 0 aromatic carbocycles. The first-order chi connectivity index (χ1) is 7.65. The van der Waals surface area contributed by atoms with Gasteiger partial charge in [-0.15, -0.1) is 0 Å². The minimum Gasteiger partial charge on any atom is -0.274 e. The molecule has 0 spiro atoms. The summed E-state index contributed by atoms with van der Waals surface area (Å²) in [5, 5.41) is 0. The molecule has 0 rings (SSSR count). The van der Waals surface area contributed by atoms with Gasteiger partial charge in [-0.05, 0) is 24.2 Å². The summed E-state index contributed by atoms with van der Waals surface area (Å²) in [4.78, 5) is 10.6. The third kappa shape index (κ3) is 7.33. The Morgan fingerprint density at radius 3 is 1.94 bits per heavy atom. The van der Waals surface area contributed by atoms with Crippen molar-refractivity contribution in [2.75, 3.05) is 6.54 Å². The normalized spacial score (nSPS) is 12.5. The van der Waals surface area contributed by atoms with Gasteiger partial charge in [0.1, 0.15) is 0 Å². The lowest BCUT2D eigenvalue weighted by Gasteiger charge is -2.24. The van der Waals surface area contributed by atoms with E-state index in [9.17, 15) is 13.2 Å². The standard InChI is InChI=1S/C11H24N2O3S/c1-8(2)11(9(3)4)6-7-12-17(15,16)13-10(5)14/h8-9,11-12H,6-7H2,1-5H3,(H,13,14). The van der Waals surface area contributed by atoms with Gasteiger partial charge >= 0.3 is 10.2 Å². The third-order valence-corrected chi connectivity index (χ3v) is 3.90. The van der Waals surface area contributed by atoms with Crippen LogP contribution in [-0.4, -0.2) is 20.9 Å². The van der Waals surface area contributed by atoms with E-state index in [1.54, 1.807) is 0 Å². The van der Waals surface area contributed by atoms with Crippen molar-refractivity contribution in [3.8, 4) is 0 Å². The topological polar surface area (TPSA) is 75.3 Å². The first-order valence-electron chi connectivity index (χ1n) is 5.93. The van der Waals surface area contributed by atoms with Gasteiger partial charge in [0.25, 0.3) is 0 Å². The molecule has 0 atom stereocenters. The van der Waals surface area contributed by atoms with Crippen molar-refractivity contribution >= 4 is 16.1 Å². The zero-order chi connectivity index (χ0) is 13.6. The van der Waals surface area contributed by atoms with Gasteiger partial charge in [-0.25, -0.2) is 4.72 Å². The number of hydrogen-bond donors (Lipinski definition) is 2. The Bertz CT molecular complexity index is 329. The zero-order valence-corrected chi connectivity index (χ0v) is 12.1. The van der Waals surface area contributed by atoms with Gasteiger partial charge in [0, 0.05) is 13.5 Å². The largest absolute Gasteiger partial charge is 0.301 e. The average molecular weight is 264 g/mol. The fourth-order valence-electron chi connectivity index (χ4n) is 2.02. The Kier molecular flexibility index (Phi) is 6.70. The van der Waals surface area contributed by atoms with E-state index in [-0.39, 0.29) is 0 Å². The Morgan fingerprint density at radius 2 is 1.59 bits per heavy atom. The molecule has 1 amide bonds. The summed E-state index contributed by atoms with van der Waals surface area (Å²) in [5.41, 5.74) is 0. The minimum absolute atomic E-state index is 0.351. The summed E-state index contributed by atoms with van der Waals surface area (Å²) >= 11 is 0. The maximum atomic E-state index is 11.3. The summed E-state index contributed by atoms with van der Waals surface area (Å²) < 4.78 is 26.9. The highest BCUT2D eigenvalue weighted by Gasteiger charge is 2.18. The lowest BCUT2D eigenvalue weighted by Crippen LogP contribution is -2.40. The molecule has 0 aromatic rings. The van der Waals surface area contributed by atoms with Gasteiger partial charge in [-0.3, -0.25) is 4.79 Å². The summed E-state index contributed by atoms with van der Waals surface area (Å²) in [5.74, 6) is 0.914. The van der Waals surface area contributed by atoms with Crippen LogP contribution < -0.4 is 9.44 Å². The van der Waals surface area contributed by atoms with E-state index in [0.717, 1.165) is 6.42 Å². The highest BCUT2D eigenvalue weighted by atomic mass is 32.2. The molecule has 5 nitrogen and oxygen atoms in total. The molecule has 17 heavy (non-hydrogen) atoms. The van der Waals surface area contributed by atoms with E-state index < -0.39 is 16.1 Å². The molecule has 0 fully saturated rings. The molecule has 0 saturated carbocycles. The number of carbonyl (C=O) groups is 1. The highest BCUT2D eigenvalue weighted by molar-refractivity contribution is 7.88. The van der Waals surface area contributed by atoms with Crippen LogP contribution in [0.25, 0.3) is 0 Å². The second kappa shape index (κ2) is 6.96. The van der Waals surface area contributed by atoms with Gasteiger partial charge in [-0.1, -0.05) is 27.7 Å². The van der Waals surface area contributed by atoms with Gasteiger partial charge < -0.3 is 0 Å². The second-order valence-corrected chi connectivity index (χ2v) is 6.50. The Balaban J connectivity index is 4.17. The van der Waals surface area contributed by atoms with Crippen molar-refractivity contribution in [1.82, 2.24) is 9.44 Å². The molecule has 0 saturated heterocycles. The van der Waals surface area contributed by atoms with E-state index >= 15 is 0 Å². The monoisotopic (exact) mass is 264 g/mol. The fraction of sp³-hybridized carbons (Fsp3) is 0.909. The maximum absolute atomic E-state index is 11.3. The molecule has 102 valence electrons. The number of rotatable bonds is 7. The summed E-state index contributed by atoms with van der Waals surface area (Å²) in [6.45, 7) is 10.0. The van der Waals surface area contributed by atoms with Gasteiger partial charge in [-0.2, -0.15) is 13.1 Å². The summed E-state index contributed by atoms with van der Waals surface area (Å²) in [6, 6.07) is 0. The van der Waals surface area contributed by atoms with E-state index in [1.807, 2.05) is 4.72 Å². The lowest BCUT2D eigenvalue weighted by molar-refractivity contribution is -0.117. The van der Waals surface area contributed by atoms with E-state index in [4.69, 9.17) is 0 Å². The summed E-state index contributed by atoms with van der Waals surface area (Å²) in [7, 11) is -3.68. The van der Waals surface area contributed by atoms with Crippen LogP contribution in [0.1, 0.15) is 41.0 Å². The number of carbonyl (C=O) groups excluding carboxylic acids is 1. The molecule has 0 bridgehead atoms. The Morgan fingerprint density at radius 1 is 1.12 bits per heavy atom. The van der Waals surface area contributed by atoms with Crippen LogP contribution in [0.5, 0.6) is 0 Å². The summed E-state index contributed by atoms with van der Waals surface area (Å²) in [6.07, 6.45) is 0.772. The van der Waals surface area contributed by atoms with Crippen molar-refractivity contribution in [2.24, 2.45) is 17.8 Å². The van der Waals surface area contributed by atoms with E-state index in [0.29, 0.717) is 24.3 Å². The van der Waals surface area contributed by atoms with Crippen LogP contribution in [0.4, 0.5) is 0 Å². The van der Waals surface area contributed by atoms with Gasteiger partial charge in [0.15, 0.2) is 0 Å². The maximum Gasteiger partial charge on any atom is 0.301 e. The first kappa shape index (κ1) is 16.4. The third-order valence-electron chi connectivity index (χ3n) is 2.76. The van der Waals surface area contributed by atoms with Crippen LogP contribution in [0.15, 0.2) is 0 Å². The van der Waals surface area contributed by atoms with Crippen molar-refractivity contribution < 1.29 is 13.2 Å². The molecule has 0 radical (unpaired) electrons. The molecular formula is C11H24N2O3S. The predicted molar refractivity (Wildman–Crippen MR) is 68.5 cm³/mol. The van der Waals surface area contributed by atoms with Crippen LogP contribution in [0, 0.1) is 17.8 Å². The molecule has 0 aliphatic heterocycles. The molecule has 0 heterocycles. The number of amides is 1. The van der Waals surface area contributed by atoms with Crippen LogP contribution in [0.3, 0.4) is 0 Å². The number of nitrogens with one attached hydrogen (secondary N) is 2. The molecular weight excluding hydrogens is 240 g/mol. The van der Waals surface area contributed by atoms with E-state index in [1.165, 1.54) is 6.92 Å². The molecule has 2 N–H and O–H groups in total. The molecule has 6 heteroatoms. The van der Waals surface area contributed by atoms with Crippen molar-refractivity contribution in [3.05, 3.63) is 0 Å². The van der Waals surface area contributed by atoms with Crippen molar-refractivity contribution in [3.63, 3.8) is 0 Å². The van der Waals surface area contributed by atoms with Crippen LogP contribution in [0.2, 0.25) is 0 Å². The number of hydrogen-bond acceptors (Lipinski definition) is 3. The van der Waals surface area contributed by atoms with E-state index in [2.05, 4.69) is 32.4 Å². The van der Waals surface area contributed by atoms with Gasteiger partial charge in [0.2, 0.25) is 5.91 Å². The second-order valence-electron chi connectivity index (χ2n) is 5.00. The first-order valence-corrected chi connectivity index (χ1v) is 7.42. The van der Waals surface area contributed by atoms with Crippen LogP contribution in [-0.2, 0) is 15.0 Å². The minimum atomic E-state index is -3.68. The SMILES string of the molecule is CC(=O)NS(=O)(=O)NCCC(C(C)C)C(C)C. The van der Waals surface area contributed by atoms with Crippen molar-refractivity contribution in [1.29, 1.82) is 0 Å². The Labute approximate surface area is 105 Å². The van der Waals surface area contributed by atoms with Gasteiger partial charge in [0.05, 0.1) is 0 Å². The quantitative estimate of drug-likeness (QED) is 0.727.